The molecule has 1 N–H and O–H groups in total. The maximum atomic E-state index is 11.6. The molecule has 0 fully saturated rings. The van der Waals surface area contributed by atoms with Crippen molar-refractivity contribution in [2.45, 2.75) is 4.90 Å². The number of halogens is 2. The van der Waals surface area contributed by atoms with Gasteiger partial charge in [0.25, 0.3) is 9.05 Å². The lowest BCUT2D eigenvalue weighted by Gasteiger charge is -2.09. The molecule has 0 aliphatic carbocycles. The van der Waals surface area contributed by atoms with Gasteiger partial charge in [0.05, 0.1) is 15.6 Å². The average molecular weight is 382 g/mol. The van der Waals surface area contributed by atoms with Crippen LogP contribution in [0, 0.1) is 0 Å². The van der Waals surface area contributed by atoms with Crippen LogP contribution in [0.25, 0.3) is 0 Å². The molecule has 0 heterocycles. The van der Waals surface area contributed by atoms with Gasteiger partial charge in [0, 0.05) is 16.9 Å². The SMILES string of the molecule is CS(=O)(=O)CS(=O)(=O)Nc1ccc(S(=O)(=O)Cl)cc1Cl. The molecule has 1 aromatic carbocycles. The van der Waals surface area contributed by atoms with Crippen LogP contribution in [0.2, 0.25) is 5.02 Å². The first-order valence-electron chi connectivity index (χ1n) is 4.73. The summed E-state index contributed by atoms with van der Waals surface area (Å²) in [5.74, 6) is 0. The Morgan fingerprint density at radius 3 is 2.05 bits per heavy atom. The van der Waals surface area contributed by atoms with Crippen molar-refractivity contribution < 1.29 is 25.3 Å². The molecule has 20 heavy (non-hydrogen) atoms. The minimum Gasteiger partial charge on any atom is -0.281 e. The van der Waals surface area contributed by atoms with Crippen molar-refractivity contribution >= 4 is 56.9 Å². The molecule has 0 atom stereocenters. The van der Waals surface area contributed by atoms with Gasteiger partial charge in [-0.05, 0) is 18.2 Å². The van der Waals surface area contributed by atoms with Crippen LogP contribution in [-0.4, -0.2) is 36.6 Å². The zero-order valence-corrected chi connectivity index (χ0v) is 13.8. The van der Waals surface area contributed by atoms with E-state index in [-0.39, 0.29) is 15.6 Å². The van der Waals surface area contributed by atoms with Gasteiger partial charge in [-0.15, -0.1) is 0 Å². The Bertz CT molecular complexity index is 829. The Labute approximate surface area is 126 Å². The maximum absolute atomic E-state index is 11.6. The second kappa shape index (κ2) is 5.68. The Kier molecular flexibility index (Phi) is 4.97. The van der Waals surface area contributed by atoms with Gasteiger partial charge in [0.15, 0.2) is 14.9 Å². The van der Waals surface area contributed by atoms with E-state index in [2.05, 4.69) is 0 Å². The fraction of sp³-hybridized carbons (Fsp3) is 0.250. The van der Waals surface area contributed by atoms with E-state index in [1.165, 1.54) is 0 Å². The third kappa shape index (κ3) is 5.44. The number of benzene rings is 1. The molecule has 0 aromatic heterocycles. The normalized spacial score (nSPS) is 13.2. The highest BCUT2D eigenvalue weighted by Crippen LogP contribution is 2.27. The lowest BCUT2D eigenvalue weighted by Crippen LogP contribution is -2.22. The summed E-state index contributed by atoms with van der Waals surface area (Å²) in [4.78, 5) is -0.310. The Morgan fingerprint density at radius 1 is 1.10 bits per heavy atom. The fourth-order valence-corrected chi connectivity index (χ4v) is 5.34. The van der Waals surface area contributed by atoms with E-state index >= 15 is 0 Å². The van der Waals surface area contributed by atoms with Gasteiger partial charge in [0.1, 0.15) is 0 Å². The molecule has 0 saturated heterocycles. The zero-order chi connectivity index (χ0) is 15.8. The van der Waals surface area contributed by atoms with E-state index in [0.717, 1.165) is 24.5 Å². The molecule has 0 radical (unpaired) electrons. The van der Waals surface area contributed by atoms with Gasteiger partial charge < -0.3 is 0 Å². The van der Waals surface area contributed by atoms with Crippen molar-refractivity contribution in [1.29, 1.82) is 0 Å². The molecule has 0 spiro atoms. The second-order valence-corrected chi connectivity index (χ2v) is 11.0. The van der Waals surface area contributed by atoms with Crippen molar-refractivity contribution in [2.24, 2.45) is 0 Å². The summed E-state index contributed by atoms with van der Waals surface area (Å²) in [6, 6.07) is 3.05. The van der Waals surface area contributed by atoms with Crippen LogP contribution in [-0.2, 0) is 28.9 Å². The molecule has 12 heteroatoms. The molecule has 1 rings (SSSR count). The van der Waals surface area contributed by atoms with Gasteiger partial charge in [-0.3, -0.25) is 4.72 Å². The summed E-state index contributed by atoms with van der Waals surface area (Å²) in [7, 11) is -6.83. The summed E-state index contributed by atoms with van der Waals surface area (Å²) < 4.78 is 69.1. The Hall–Kier alpha value is -0.550. The Morgan fingerprint density at radius 2 is 1.65 bits per heavy atom. The summed E-state index contributed by atoms with van der Waals surface area (Å²) in [5.41, 5.74) is -0.153. The molecule has 114 valence electrons. The van der Waals surface area contributed by atoms with E-state index in [9.17, 15) is 25.3 Å². The lowest BCUT2D eigenvalue weighted by atomic mass is 10.3. The molecule has 0 unspecified atom stereocenters. The smallest absolute Gasteiger partial charge is 0.261 e. The van der Waals surface area contributed by atoms with Gasteiger partial charge in [-0.25, -0.2) is 25.3 Å². The molecular formula is C8H9Cl2NO6S3. The van der Waals surface area contributed by atoms with Crippen LogP contribution in [0.3, 0.4) is 0 Å². The summed E-state index contributed by atoms with van der Waals surface area (Å²) in [5, 5.41) is -1.35. The average Bonchev–Trinajstić information content (AvgIpc) is 2.15. The van der Waals surface area contributed by atoms with Gasteiger partial charge in [-0.2, -0.15) is 0 Å². The number of sulfonamides is 1. The number of rotatable bonds is 5. The van der Waals surface area contributed by atoms with E-state index < -0.39 is 34.0 Å². The molecule has 1 aromatic rings. The van der Waals surface area contributed by atoms with Crippen molar-refractivity contribution in [3.8, 4) is 0 Å². The first-order chi connectivity index (χ1) is 8.80. The van der Waals surface area contributed by atoms with Crippen molar-refractivity contribution in [2.75, 3.05) is 16.1 Å². The summed E-state index contributed by atoms with van der Waals surface area (Å²) in [6.07, 6.45) is 0.761. The molecular weight excluding hydrogens is 373 g/mol. The van der Waals surface area contributed by atoms with Crippen LogP contribution in [0.1, 0.15) is 0 Å². The Balaban J connectivity index is 3.13. The number of hydrogen-bond donors (Lipinski definition) is 1. The molecule has 0 aliphatic heterocycles. The van der Waals surface area contributed by atoms with E-state index in [1.807, 2.05) is 4.72 Å². The zero-order valence-electron chi connectivity index (χ0n) is 9.87. The number of hydrogen-bond acceptors (Lipinski definition) is 6. The van der Waals surface area contributed by atoms with Crippen molar-refractivity contribution in [3.63, 3.8) is 0 Å². The molecule has 0 amide bonds. The minimum atomic E-state index is -4.17. The summed E-state index contributed by atoms with van der Waals surface area (Å²) in [6.45, 7) is 0. The second-order valence-electron chi connectivity index (χ2n) is 3.84. The molecule has 0 saturated carbocycles. The van der Waals surface area contributed by atoms with Gasteiger partial charge in [-0.1, -0.05) is 11.6 Å². The molecule has 0 aliphatic rings. The topological polar surface area (TPSA) is 114 Å². The predicted molar refractivity (Wildman–Crippen MR) is 76.7 cm³/mol. The van der Waals surface area contributed by atoms with E-state index in [0.29, 0.717) is 0 Å². The van der Waals surface area contributed by atoms with E-state index in [1.54, 1.807) is 0 Å². The van der Waals surface area contributed by atoms with Gasteiger partial charge >= 0.3 is 0 Å². The summed E-state index contributed by atoms with van der Waals surface area (Å²) >= 11 is 5.71. The maximum Gasteiger partial charge on any atom is 0.261 e. The van der Waals surface area contributed by atoms with Crippen LogP contribution in [0.15, 0.2) is 23.1 Å². The van der Waals surface area contributed by atoms with E-state index in [4.69, 9.17) is 22.3 Å². The van der Waals surface area contributed by atoms with Crippen LogP contribution >= 0.6 is 22.3 Å². The third-order valence-electron chi connectivity index (χ3n) is 1.86. The van der Waals surface area contributed by atoms with Crippen molar-refractivity contribution in [3.05, 3.63) is 23.2 Å². The number of nitrogens with one attached hydrogen (secondary N) is 1. The highest BCUT2D eigenvalue weighted by Gasteiger charge is 2.20. The van der Waals surface area contributed by atoms with Crippen LogP contribution in [0.4, 0.5) is 5.69 Å². The number of anilines is 1. The molecule has 7 nitrogen and oxygen atoms in total. The lowest BCUT2D eigenvalue weighted by molar-refractivity contribution is 0.594. The largest absolute Gasteiger partial charge is 0.281 e. The quantitative estimate of drug-likeness (QED) is 0.761. The van der Waals surface area contributed by atoms with Crippen LogP contribution < -0.4 is 4.72 Å². The minimum absolute atomic E-state index is 0.153. The van der Waals surface area contributed by atoms with Crippen LogP contribution in [0.5, 0.6) is 0 Å². The highest BCUT2D eigenvalue weighted by atomic mass is 35.7. The predicted octanol–water partition coefficient (Wildman–Crippen LogP) is 1.01. The first kappa shape index (κ1) is 17.5. The van der Waals surface area contributed by atoms with Crippen molar-refractivity contribution in [1.82, 2.24) is 0 Å². The number of sulfone groups is 1. The highest BCUT2D eigenvalue weighted by molar-refractivity contribution is 8.13. The monoisotopic (exact) mass is 381 g/mol. The molecule has 0 bridgehead atoms. The fourth-order valence-electron chi connectivity index (χ4n) is 1.21. The van der Waals surface area contributed by atoms with Gasteiger partial charge in [0.2, 0.25) is 10.0 Å². The third-order valence-corrected chi connectivity index (χ3v) is 7.01. The first-order valence-corrected chi connectivity index (χ1v) is 11.1. The standard InChI is InChI=1S/C8H9Cl2NO6S3/c1-18(12,13)5-19(14,15)11-8-3-2-6(4-7(8)9)20(10,16)17/h2-4,11H,5H2,1H3.